The summed E-state index contributed by atoms with van der Waals surface area (Å²) in [5, 5.41) is 0. The summed E-state index contributed by atoms with van der Waals surface area (Å²) in [5.41, 5.74) is 1.97. The molecule has 1 aromatic carbocycles. The lowest BCUT2D eigenvalue weighted by atomic mass is 10.2. The van der Waals surface area contributed by atoms with Crippen LogP contribution >= 0.6 is 0 Å². The van der Waals surface area contributed by atoms with Gasteiger partial charge in [-0.1, -0.05) is 0 Å². The quantitative estimate of drug-likeness (QED) is 0.758. The van der Waals surface area contributed by atoms with Gasteiger partial charge in [0.2, 0.25) is 11.8 Å². The third-order valence-corrected chi connectivity index (χ3v) is 4.58. The van der Waals surface area contributed by atoms with E-state index in [-0.39, 0.29) is 11.8 Å². The van der Waals surface area contributed by atoms with Crippen LogP contribution in [0.3, 0.4) is 0 Å². The van der Waals surface area contributed by atoms with Gasteiger partial charge < -0.3 is 19.4 Å². The lowest BCUT2D eigenvalue weighted by Gasteiger charge is -2.28. The predicted octanol–water partition coefficient (Wildman–Crippen LogP) is 2.13. The number of hydrogen-bond acceptors (Lipinski definition) is 4. The Kier molecular flexibility index (Phi) is 7.25. The summed E-state index contributed by atoms with van der Waals surface area (Å²) in [6, 6.07) is 7.96. The molecular formula is C19H29N3O3. The largest absolute Gasteiger partial charge is 0.378 e. The first-order chi connectivity index (χ1) is 12.1. The summed E-state index contributed by atoms with van der Waals surface area (Å²) in [6.07, 6.45) is 0.331. The molecular weight excluding hydrogens is 318 g/mol. The summed E-state index contributed by atoms with van der Waals surface area (Å²) < 4.78 is 5.27. The standard InChI is InChI=1S/C19H29N3O3/c1-4-20(5-2)17-6-8-18(9-7-17)22(16(3)23)11-10-19(24)21-12-14-25-15-13-21/h6-9H,4-5,10-15H2,1-3H3. The second kappa shape index (κ2) is 9.42. The number of ether oxygens (including phenoxy) is 1. The predicted molar refractivity (Wildman–Crippen MR) is 100 cm³/mol. The molecule has 138 valence electrons. The molecule has 2 amide bonds. The van der Waals surface area contributed by atoms with Gasteiger partial charge >= 0.3 is 0 Å². The normalized spacial score (nSPS) is 14.3. The van der Waals surface area contributed by atoms with Crippen molar-refractivity contribution in [2.24, 2.45) is 0 Å². The molecule has 2 rings (SSSR count). The number of nitrogens with zero attached hydrogens (tertiary/aromatic N) is 3. The smallest absolute Gasteiger partial charge is 0.224 e. The number of benzene rings is 1. The van der Waals surface area contributed by atoms with Crippen molar-refractivity contribution in [3.05, 3.63) is 24.3 Å². The zero-order valence-electron chi connectivity index (χ0n) is 15.5. The molecule has 25 heavy (non-hydrogen) atoms. The Balaban J connectivity index is 2.00. The zero-order valence-corrected chi connectivity index (χ0v) is 15.5. The Hall–Kier alpha value is -2.08. The number of anilines is 2. The maximum atomic E-state index is 12.3. The minimum atomic E-state index is -0.0506. The van der Waals surface area contributed by atoms with Crippen LogP contribution in [0, 0.1) is 0 Å². The fourth-order valence-corrected chi connectivity index (χ4v) is 3.08. The van der Waals surface area contributed by atoms with E-state index in [0.717, 1.165) is 24.5 Å². The highest BCUT2D eigenvalue weighted by Crippen LogP contribution is 2.21. The first-order valence-corrected chi connectivity index (χ1v) is 9.05. The van der Waals surface area contributed by atoms with E-state index in [9.17, 15) is 9.59 Å². The average molecular weight is 347 g/mol. The van der Waals surface area contributed by atoms with Crippen LogP contribution in [0.4, 0.5) is 11.4 Å². The van der Waals surface area contributed by atoms with Crippen LogP contribution in [0.1, 0.15) is 27.2 Å². The first-order valence-electron chi connectivity index (χ1n) is 9.05. The van der Waals surface area contributed by atoms with E-state index in [1.165, 1.54) is 6.92 Å². The van der Waals surface area contributed by atoms with E-state index in [1.54, 1.807) is 4.90 Å². The molecule has 1 fully saturated rings. The number of amides is 2. The molecule has 0 radical (unpaired) electrons. The van der Waals surface area contributed by atoms with Crippen LogP contribution < -0.4 is 9.80 Å². The number of carbonyl (C=O) groups is 2. The van der Waals surface area contributed by atoms with Crippen molar-refractivity contribution in [2.75, 3.05) is 55.7 Å². The summed E-state index contributed by atoms with van der Waals surface area (Å²) in [4.78, 5) is 30.1. The summed E-state index contributed by atoms with van der Waals surface area (Å²) >= 11 is 0. The minimum Gasteiger partial charge on any atom is -0.378 e. The Labute approximate surface area is 150 Å². The lowest BCUT2D eigenvalue weighted by molar-refractivity contribution is -0.135. The monoisotopic (exact) mass is 347 g/mol. The van der Waals surface area contributed by atoms with E-state index in [0.29, 0.717) is 39.3 Å². The van der Waals surface area contributed by atoms with Crippen molar-refractivity contribution >= 4 is 23.2 Å². The molecule has 0 unspecified atom stereocenters. The molecule has 0 bridgehead atoms. The second-order valence-corrected chi connectivity index (χ2v) is 6.10. The van der Waals surface area contributed by atoms with Gasteiger partial charge in [0.1, 0.15) is 0 Å². The third-order valence-electron chi connectivity index (χ3n) is 4.58. The van der Waals surface area contributed by atoms with Crippen LogP contribution in [0.2, 0.25) is 0 Å². The van der Waals surface area contributed by atoms with E-state index in [4.69, 9.17) is 4.74 Å². The van der Waals surface area contributed by atoms with E-state index >= 15 is 0 Å². The fourth-order valence-electron chi connectivity index (χ4n) is 3.08. The molecule has 0 aliphatic carbocycles. The molecule has 0 atom stereocenters. The highest BCUT2D eigenvalue weighted by atomic mass is 16.5. The second-order valence-electron chi connectivity index (χ2n) is 6.10. The van der Waals surface area contributed by atoms with Gasteiger partial charge in [-0.15, -0.1) is 0 Å². The van der Waals surface area contributed by atoms with Crippen molar-refractivity contribution in [2.45, 2.75) is 27.2 Å². The molecule has 6 nitrogen and oxygen atoms in total. The van der Waals surface area contributed by atoms with Crippen LogP contribution in [0.25, 0.3) is 0 Å². The molecule has 1 aliphatic rings. The number of morpholine rings is 1. The van der Waals surface area contributed by atoms with Crippen LogP contribution in [0.15, 0.2) is 24.3 Å². The van der Waals surface area contributed by atoms with Gasteiger partial charge in [0.25, 0.3) is 0 Å². The molecule has 0 spiro atoms. The van der Waals surface area contributed by atoms with Crippen molar-refractivity contribution < 1.29 is 14.3 Å². The number of hydrogen-bond donors (Lipinski definition) is 0. The van der Waals surface area contributed by atoms with Gasteiger partial charge in [-0.3, -0.25) is 9.59 Å². The molecule has 0 saturated carbocycles. The zero-order chi connectivity index (χ0) is 18.2. The number of rotatable bonds is 7. The maximum absolute atomic E-state index is 12.3. The Morgan fingerprint density at radius 2 is 1.60 bits per heavy atom. The van der Waals surface area contributed by atoms with Gasteiger partial charge in [0.05, 0.1) is 13.2 Å². The average Bonchev–Trinajstić information content (AvgIpc) is 2.64. The minimum absolute atomic E-state index is 0.0506. The molecule has 1 aliphatic heterocycles. The Morgan fingerprint density at radius 1 is 1.04 bits per heavy atom. The summed E-state index contributed by atoms with van der Waals surface area (Å²) in [7, 11) is 0. The topological polar surface area (TPSA) is 53.1 Å². The van der Waals surface area contributed by atoms with Gasteiger partial charge in [0, 0.05) is 57.4 Å². The Bertz CT molecular complexity index is 564. The Morgan fingerprint density at radius 3 is 2.12 bits per heavy atom. The van der Waals surface area contributed by atoms with E-state index in [1.807, 2.05) is 29.2 Å². The van der Waals surface area contributed by atoms with Crippen LogP contribution in [-0.2, 0) is 14.3 Å². The van der Waals surface area contributed by atoms with Crippen molar-refractivity contribution in [1.29, 1.82) is 0 Å². The summed E-state index contributed by atoms with van der Waals surface area (Å²) in [5.74, 6) is 0.0275. The van der Waals surface area contributed by atoms with Crippen LogP contribution in [0.5, 0.6) is 0 Å². The molecule has 1 aromatic rings. The first kappa shape index (κ1) is 19.2. The van der Waals surface area contributed by atoms with Gasteiger partial charge in [0.15, 0.2) is 0 Å². The lowest BCUT2D eigenvalue weighted by Crippen LogP contribution is -2.42. The SMILES string of the molecule is CCN(CC)c1ccc(N(CCC(=O)N2CCOCC2)C(C)=O)cc1. The van der Waals surface area contributed by atoms with Gasteiger partial charge in [-0.05, 0) is 38.1 Å². The fraction of sp³-hybridized carbons (Fsp3) is 0.579. The summed E-state index contributed by atoms with van der Waals surface area (Å²) in [6.45, 7) is 10.5. The maximum Gasteiger partial charge on any atom is 0.224 e. The van der Waals surface area contributed by atoms with E-state index in [2.05, 4.69) is 18.7 Å². The van der Waals surface area contributed by atoms with Crippen molar-refractivity contribution in [3.63, 3.8) is 0 Å². The third kappa shape index (κ3) is 5.19. The van der Waals surface area contributed by atoms with E-state index < -0.39 is 0 Å². The molecule has 6 heteroatoms. The highest BCUT2D eigenvalue weighted by Gasteiger charge is 2.19. The molecule has 1 heterocycles. The van der Waals surface area contributed by atoms with Gasteiger partial charge in [-0.2, -0.15) is 0 Å². The van der Waals surface area contributed by atoms with Crippen LogP contribution in [-0.4, -0.2) is 62.7 Å². The van der Waals surface area contributed by atoms with Crippen molar-refractivity contribution in [1.82, 2.24) is 4.90 Å². The highest BCUT2D eigenvalue weighted by molar-refractivity contribution is 5.92. The van der Waals surface area contributed by atoms with Gasteiger partial charge in [-0.25, -0.2) is 0 Å². The molecule has 0 N–H and O–H groups in total. The molecule has 0 aromatic heterocycles. The number of carbonyl (C=O) groups excluding carboxylic acids is 2. The molecule has 1 saturated heterocycles. The van der Waals surface area contributed by atoms with Crippen molar-refractivity contribution in [3.8, 4) is 0 Å².